The number of fused-ring (bicyclic) bond motifs is 4. The van der Waals surface area contributed by atoms with Crippen LogP contribution in [-0.2, 0) is 25.8 Å². The number of carbonyl (C=O) groups is 3. The van der Waals surface area contributed by atoms with E-state index >= 15 is 0 Å². The minimum absolute atomic E-state index is 0.00526. The summed E-state index contributed by atoms with van der Waals surface area (Å²) in [6.45, 7) is 10.2. The van der Waals surface area contributed by atoms with Crippen molar-refractivity contribution in [1.29, 1.82) is 0 Å². The smallest absolute Gasteiger partial charge is 0.380 e. The van der Waals surface area contributed by atoms with Crippen LogP contribution < -0.4 is 20.8 Å². The number of ether oxygens (including phenoxy) is 1. The zero-order valence-corrected chi connectivity index (χ0v) is 23.7. The first-order valence-corrected chi connectivity index (χ1v) is 14.0. The molecule has 0 aliphatic carbocycles. The number of aliphatic carboxylic acids is 1. The van der Waals surface area contributed by atoms with Gasteiger partial charge in [0.2, 0.25) is 5.91 Å². The number of amides is 1. The summed E-state index contributed by atoms with van der Waals surface area (Å²) < 4.78 is 8.70. The number of nitrogens with two attached hydrogens (primary N) is 1. The Hall–Kier alpha value is -2.26. The van der Waals surface area contributed by atoms with E-state index in [-0.39, 0.29) is 24.2 Å². The largest absolute Gasteiger partial charge is 0.852 e. The molecule has 5 aliphatic rings. The second-order valence-electron chi connectivity index (χ2n) is 11.3. The summed E-state index contributed by atoms with van der Waals surface area (Å²) >= 11 is 2.22. The Morgan fingerprint density at radius 2 is 1.82 bits per heavy atom. The van der Waals surface area contributed by atoms with Crippen LogP contribution in [0.3, 0.4) is 0 Å². The molecule has 4 atom stereocenters. The van der Waals surface area contributed by atoms with Crippen LogP contribution in [-0.4, -0.2) is 96.3 Å². The Balaban J connectivity index is 1.24. The highest BCUT2D eigenvalue weighted by Gasteiger charge is 2.56. The van der Waals surface area contributed by atoms with Crippen LogP contribution in [0, 0.1) is 15.4 Å². The third kappa shape index (κ3) is 4.59. The molecule has 2 N–H and O–H groups in total. The van der Waals surface area contributed by atoms with E-state index in [0.29, 0.717) is 17.9 Å². The molecule has 0 spiro atoms. The standard InChI is InChI=1S/C26H33IN4O7/c1-15-18(24(26(35)36)29-23(15)22(16(2)32)25(29)34)14-37-20-4-3-17(11-19(20)27)12-30-5-8-31(9-6-30,10-7-30)13-21(33)38-28/h3-4,11,15-16,22-23H,5-10,12-14,28H2,1-2H3/t15?,16?,22-,23-,30?,31?/m1/s1. The molecule has 5 heterocycles. The number of hydrogen-bond donors (Lipinski definition) is 1. The number of quaternary nitrogens is 2. The lowest BCUT2D eigenvalue weighted by Gasteiger charge is -2.55. The molecule has 1 amide bonds. The van der Waals surface area contributed by atoms with Crippen molar-refractivity contribution in [3.63, 3.8) is 0 Å². The van der Waals surface area contributed by atoms with Gasteiger partial charge >= 0.3 is 5.97 Å². The first-order chi connectivity index (χ1) is 18.0. The molecule has 6 rings (SSSR count). The highest BCUT2D eigenvalue weighted by Crippen LogP contribution is 2.46. The summed E-state index contributed by atoms with van der Waals surface area (Å²) in [7, 11) is 0. The van der Waals surface area contributed by atoms with E-state index in [4.69, 9.17) is 10.6 Å². The molecule has 0 saturated carbocycles. The van der Waals surface area contributed by atoms with Gasteiger partial charge in [-0.2, -0.15) is 5.90 Å². The molecular formula is C26H33IN4O7. The van der Waals surface area contributed by atoms with E-state index in [1.165, 1.54) is 17.4 Å². The number of carboxylic acid groups (broad SMARTS) is 1. The molecule has 12 heteroatoms. The zero-order chi connectivity index (χ0) is 27.4. The lowest BCUT2D eigenvalue weighted by Crippen LogP contribution is -2.75. The van der Waals surface area contributed by atoms with Crippen LogP contribution in [0.4, 0.5) is 0 Å². The van der Waals surface area contributed by atoms with Crippen molar-refractivity contribution < 1.29 is 43.1 Å². The summed E-state index contributed by atoms with van der Waals surface area (Å²) in [4.78, 5) is 41.8. The number of carboxylic acids is 1. The average molecular weight is 640 g/mol. The lowest BCUT2D eigenvalue weighted by molar-refractivity contribution is -1.08. The molecule has 1 aromatic rings. The maximum absolute atomic E-state index is 12.5. The number of β-lactam (4-membered cyclic amide) rings is 1. The second-order valence-corrected chi connectivity index (χ2v) is 12.4. The van der Waals surface area contributed by atoms with Gasteiger partial charge in [0.15, 0.2) is 6.54 Å². The maximum atomic E-state index is 12.5. The van der Waals surface area contributed by atoms with E-state index in [1.807, 2.05) is 19.1 Å². The number of halogens is 1. The Kier molecular flexibility index (Phi) is 7.22. The van der Waals surface area contributed by atoms with Gasteiger partial charge in [0.1, 0.15) is 58.2 Å². The van der Waals surface area contributed by atoms with Gasteiger partial charge in [-0.3, -0.25) is 4.79 Å². The topological polar surface area (TPSA) is 145 Å². The third-order valence-electron chi connectivity index (χ3n) is 9.13. The number of piperazine rings is 3. The van der Waals surface area contributed by atoms with Crippen molar-refractivity contribution in [2.75, 3.05) is 52.4 Å². The molecule has 206 valence electrons. The number of rotatable bonds is 9. The highest BCUT2D eigenvalue weighted by atomic mass is 127. The summed E-state index contributed by atoms with van der Waals surface area (Å²) in [5.74, 6) is 2.43. The predicted octanol–water partition coefficient (Wildman–Crippen LogP) is -1.52. The number of nitrogens with zero attached hydrogens (tertiary/aromatic N) is 3. The van der Waals surface area contributed by atoms with Crippen LogP contribution in [0.25, 0.3) is 0 Å². The van der Waals surface area contributed by atoms with Gasteiger partial charge in [0.25, 0.3) is 0 Å². The molecule has 1 aromatic carbocycles. The molecule has 2 unspecified atom stereocenters. The van der Waals surface area contributed by atoms with Crippen molar-refractivity contribution in [2.45, 2.75) is 32.5 Å². The Morgan fingerprint density at radius 1 is 1.18 bits per heavy atom. The zero-order valence-electron chi connectivity index (χ0n) is 21.6. The average Bonchev–Trinajstić information content (AvgIpc) is 3.12. The Labute approximate surface area is 235 Å². The quantitative estimate of drug-likeness (QED) is 0.148. The molecule has 0 aromatic heterocycles. The van der Waals surface area contributed by atoms with Gasteiger partial charge in [0.05, 0.1) is 21.3 Å². The van der Waals surface area contributed by atoms with E-state index < -0.39 is 29.9 Å². The molecule has 4 fully saturated rings. The van der Waals surface area contributed by atoms with Gasteiger partial charge in [-0.25, -0.2) is 4.79 Å². The summed E-state index contributed by atoms with van der Waals surface area (Å²) in [5, 5.41) is 23.9. The molecule has 4 saturated heterocycles. The van der Waals surface area contributed by atoms with Crippen molar-refractivity contribution in [3.8, 4) is 5.75 Å². The fraction of sp³-hybridized carbons (Fsp3) is 0.577. The summed E-state index contributed by atoms with van der Waals surface area (Å²) in [6, 6.07) is 5.59. The monoisotopic (exact) mass is 640 g/mol. The predicted molar refractivity (Wildman–Crippen MR) is 138 cm³/mol. The van der Waals surface area contributed by atoms with Gasteiger partial charge < -0.3 is 38.4 Å². The maximum Gasteiger partial charge on any atom is 0.380 e. The van der Waals surface area contributed by atoms with E-state index in [0.717, 1.165) is 58.3 Å². The highest BCUT2D eigenvalue weighted by molar-refractivity contribution is 14.1. The summed E-state index contributed by atoms with van der Waals surface area (Å²) in [5.41, 5.74) is 1.51. The molecular weight excluding hydrogens is 607 g/mol. The number of hydrogen-bond acceptors (Lipinski definition) is 8. The fourth-order valence-corrected chi connectivity index (χ4v) is 7.58. The number of carbonyl (C=O) groups excluding carboxylic acids is 3. The minimum Gasteiger partial charge on any atom is -0.852 e. The Bertz CT molecular complexity index is 1180. The van der Waals surface area contributed by atoms with Crippen LogP contribution >= 0.6 is 22.6 Å². The summed E-state index contributed by atoms with van der Waals surface area (Å²) in [6.07, 6.45) is -1.10. The first-order valence-electron chi connectivity index (χ1n) is 12.9. The second kappa shape index (κ2) is 10.0. The van der Waals surface area contributed by atoms with Crippen LogP contribution in [0.1, 0.15) is 19.4 Å². The van der Waals surface area contributed by atoms with Crippen molar-refractivity contribution in [1.82, 2.24) is 4.90 Å². The van der Waals surface area contributed by atoms with Crippen molar-refractivity contribution in [3.05, 3.63) is 38.6 Å². The van der Waals surface area contributed by atoms with Gasteiger partial charge in [-0.15, -0.1) is 6.10 Å². The molecule has 2 bridgehead atoms. The first kappa shape index (κ1) is 27.3. The third-order valence-corrected chi connectivity index (χ3v) is 9.98. The van der Waals surface area contributed by atoms with E-state index in [2.05, 4.69) is 33.5 Å². The van der Waals surface area contributed by atoms with Gasteiger partial charge in [0, 0.05) is 17.4 Å². The van der Waals surface area contributed by atoms with Gasteiger partial charge in [-0.1, -0.05) is 13.8 Å². The van der Waals surface area contributed by atoms with Crippen molar-refractivity contribution >= 4 is 40.4 Å². The molecule has 5 aliphatic heterocycles. The Morgan fingerprint density at radius 3 is 2.37 bits per heavy atom. The van der Waals surface area contributed by atoms with Crippen molar-refractivity contribution in [2.24, 2.45) is 17.7 Å². The molecule has 0 radical (unpaired) electrons. The van der Waals surface area contributed by atoms with Crippen LogP contribution in [0.2, 0.25) is 0 Å². The SMILES string of the molecule is CC([O-])[C@H]1C(=O)N2C(C(=O)[O-])=C(COc3ccc(C[N+]45CC[N+](CC(=O)ON)(CC4)CC5)cc3I)C(C)[C@H]12. The normalized spacial score (nSPS) is 32.6. The lowest BCUT2D eigenvalue weighted by atomic mass is 9.78. The molecule has 11 nitrogen and oxygen atoms in total. The molecule has 38 heavy (non-hydrogen) atoms. The number of benzene rings is 1. The van der Waals surface area contributed by atoms with Crippen LogP contribution in [0.5, 0.6) is 5.75 Å². The van der Waals surface area contributed by atoms with E-state index in [1.54, 1.807) is 0 Å². The van der Waals surface area contributed by atoms with Gasteiger partial charge in [-0.05, 0) is 46.4 Å². The minimum atomic E-state index is -1.42. The van der Waals surface area contributed by atoms with E-state index in [9.17, 15) is 24.6 Å². The fourth-order valence-electron chi connectivity index (χ4n) is 6.84. The van der Waals surface area contributed by atoms with Crippen LogP contribution in [0.15, 0.2) is 29.5 Å².